The molecule has 0 amide bonds. The van der Waals surface area contributed by atoms with E-state index in [9.17, 15) is 4.39 Å². The highest BCUT2D eigenvalue weighted by molar-refractivity contribution is 5.47. The van der Waals surface area contributed by atoms with Crippen LogP contribution in [0.3, 0.4) is 0 Å². The van der Waals surface area contributed by atoms with Crippen LogP contribution in [0.2, 0.25) is 0 Å². The SMILES string of the molecule is CN(C)CCC[C@]1(c2ccc(F)cc2)OCc2cc(C#N)ccc21. The van der Waals surface area contributed by atoms with E-state index in [1.165, 1.54) is 12.1 Å². The number of ether oxygens (including phenoxy) is 1. The van der Waals surface area contributed by atoms with Crippen molar-refractivity contribution in [1.29, 1.82) is 5.26 Å². The minimum atomic E-state index is -0.562. The average Bonchev–Trinajstić information content (AvgIpc) is 2.94. The Bertz CT molecular complexity index is 764. The summed E-state index contributed by atoms with van der Waals surface area (Å²) in [7, 11) is 4.10. The Hall–Kier alpha value is -2.22. The number of nitrogens with zero attached hydrogens (tertiary/aromatic N) is 2. The van der Waals surface area contributed by atoms with Crippen LogP contribution >= 0.6 is 0 Å². The first kappa shape index (κ1) is 16.6. The van der Waals surface area contributed by atoms with Crippen LogP contribution in [0.1, 0.15) is 35.1 Å². The van der Waals surface area contributed by atoms with Gasteiger partial charge in [-0.25, -0.2) is 4.39 Å². The summed E-state index contributed by atoms with van der Waals surface area (Å²) in [6.45, 7) is 1.43. The highest BCUT2D eigenvalue weighted by atomic mass is 19.1. The number of nitriles is 1. The van der Waals surface area contributed by atoms with Gasteiger partial charge in [-0.15, -0.1) is 0 Å². The fourth-order valence-electron chi connectivity index (χ4n) is 3.41. The molecule has 0 saturated heterocycles. The van der Waals surface area contributed by atoms with E-state index in [0.29, 0.717) is 12.2 Å². The van der Waals surface area contributed by atoms with E-state index in [1.807, 2.05) is 32.3 Å². The van der Waals surface area contributed by atoms with E-state index >= 15 is 0 Å². The molecule has 3 rings (SSSR count). The molecule has 0 spiro atoms. The lowest BCUT2D eigenvalue weighted by Gasteiger charge is -2.31. The van der Waals surface area contributed by atoms with Crippen LogP contribution in [0.5, 0.6) is 0 Å². The van der Waals surface area contributed by atoms with Gasteiger partial charge in [0.15, 0.2) is 0 Å². The van der Waals surface area contributed by atoms with Gasteiger partial charge in [-0.3, -0.25) is 0 Å². The second kappa shape index (κ2) is 6.72. The lowest BCUT2D eigenvalue weighted by molar-refractivity contribution is -0.0140. The Morgan fingerprint density at radius 1 is 1.21 bits per heavy atom. The summed E-state index contributed by atoms with van der Waals surface area (Å²) in [6.07, 6.45) is 1.78. The predicted molar refractivity (Wildman–Crippen MR) is 90.9 cm³/mol. The monoisotopic (exact) mass is 324 g/mol. The summed E-state index contributed by atoms with van der Waals surface area (Å²) < 4.78 is 19.6. The largest absolute Gasteiger partial charge is 0.361 e. The maximum atomic E-state index is 13.4. The Balaban J connectivity index is 2.02. The second-order valence-electron chi connectivity index (χ2n) is 6.51. The van der Waals surface area contributed by atoms with Gasteiger partial charge < -0.3 is 9.64 Å². The van der Waals surface area contributed by atoms with E-state index in [0.717, 1.165) is 36.1 Å². The number of hydrogen-bond donors (Lipinski definition) is 0. The summed E-state index contributed by atoms with van der Waals surface area (Å²) >= 11 is 0. The van der Waals surface area contributed by atoms with Crippen molar-refractivity contribution in [3.05, 3.63) is 70.5 Å². The summed E-state index contributed by atoms with van der Waals surface area (Å²) in [4.78, 5) is 2.15. The minimum Gasteiger partial charge on any atom is -0.361 e. The van der Waals surface area contributed by atoms with Crippen LogP contribution in [0.15, 0.2) is 42.5 Å². The highest BCUT2D eigenvalue weighted by Crippen LogP contribution is 2.45. The zero-order valence-corrected chi connectivity index (χ0v) is 14.1. The molecule has 0 aromatic heterocycles. The standard InChI is InChI=1S/C20H21FN2O/c1-23(2)11-3-10-20(17-5-7-18(21)8-6-17)19-9-4-15(13-22)12-16(19)14-24-20/h4-9,12H,3,10-11,14H2,1-2H3/t20-/m1/s1. The summed E-state index contributed by atoms with van der Waals surface area (Å²) in [5.41, 5.74) is 3.18. The summed E-state index contributed by atoms with van der Waals surface area (Å²) in [5.74, 6) is -0.250. The molecule has 1 aliphatic rings. The minimum absolute atomic E-state index is 0.250. The van der Waals surface area contributed by atoms with E-state index in [2.05, 4.69) is 11.0 Å². The molecule has 0 N–H and O–H groups in total. The van der Waals surface area contributed by atoms with Crippen molar-refractivity contribution in [2.24, 2.45) is 0 Å². The van der Waals surface area contributed by atoms with E-state index in [-0.39, 0.29) is 5.82 Å². The highest BCUT2D eigenvalue weighted by Gasteiger charge is 2.41. The summed E-state index contributed by atoms with van der Waals surface area (Å²) in [6, 6.07) is 14.5. The van der Waals surface area contributed by atoms with Crippen molar-refractivity contribution in [3.8, 4) is 6.07 Å². The van der Waals surface area contributed by atoms with Crippen LogP contribution in [0.25, 0.3) is 0 Å². The van der Waals surface area contributed by atoms with Crippen LogP contribution in [-0.2, 0) is 16.9 Å². The van der Waals surface area contributed by atoms with Gasteiger partial charge >= 0.3 is 0 Å². The van der Waals surface area contributed by atoms with Crippen molar-refractivity contribution in [2.45, 2.75) is 25.0 Å². The van der Waals surface area contributed by atoms with Gasteiger partial charge in [0, 0.05) is 0 Å². The number of benzene rings is 2. The topological polar surface area (TPSA) is 36.3 Å². The molecule has 1 heterocycles. The molecular formula is C20H21FN2O. The molecular weight excluding hydrogens is 303 g/mol. The molecule has 0 unspecified atom stereocenters. The lowest BCUT2D eigenvalue weighted by atomic mass is 9.81. The molecule has 0 fully saturated rings. The van der Waals surface area contributed by atoms with Crippen LogP contribution in [-0.4, -0.2) is 25.5 Å². The smallest absolute Gasteiger partial charge is 0.123 e. The van der Waals surface area contributed by atoms with Crippen molar-refractivity contribution in [1.82, 2.24) is 4.90 Å². The quantitative estimate of drug-likeness (QED) is 0.839. The molecule has 0 saturated carbocycles. The molecule has 1 atom stereocenters. The van der Waals surface area contributed by atoms with Gasteiger partial charge in [-0.2, -0.15) is 5.26 Å². The van der Waals surface area contributed by atoms with Crippen LogP contribution < -0.4 is 0 Å². The first-order chi connectivity index (χ1) is 11.5. The number of fused-ring (bicyclic) bond motifs is 1. The zero-order valence-electron chi connectivity index (χ0n) is 14.1. The van der Waals surface area contributed by atoms with E-state index in [1.54, 1.807) is 12.1 Å². The predicted octanol–water partition coefficient (Wildman–Crippen LogP) is 3.81. The molecule has 4 heteroatoms. The number of halogens is 1. The van der Waals surface area contributed by atoms with Gasteiger partial charge in [0.2, 0.25) is 0 Å². The normalized spacial score (nSPS) is 19.3. The van der Waals surface area contributed by atoms with Gasteiger partial charge in [0.1, 0.15) is 11.4 Å². The first-order valence-corrected chi connectivity index (χ1v) is 8.13. The van der Waals surface area contributed by atoms with Gasteiger partial charge in [0.05, 0.1) is 18.2 Å². The third kappa shape index (κ3) is 3.06. The molecule has 1 aliphatic heterocycles. The number of rotatable bonds is 5. The molecule has 0 bridgehead atoms. The van der Waals surface area contributed by atoms with Gasteiger partial charge in [-0.05, 0) is 74.4 Å². The maximum Gasteiger partial charge on any atom is 0.123 e. The fraction of sp³-hybridized carbons (Fsp3) is 0.350. The Labute approximate surface area is 142 Å². The Morgan fingerprint density at radius 2 is 1.96 bits per heavy atom. The van der Waals surface area contributed by atoms with Gasteiger partial charge in [-0.1, -0.05) is 18.2 Å². The third-order valence-corrected chi connectivity index (χ3v) is 4.59. The molecule has 124 valence electrons. The molecule has 3 nitrogen and oxygen atoms in total. The Kier molecular flexibility index (Phi) is 4.66. The molecule has 24 heavy (non-hydrogen) atoms. The van der Waals surface area contributed by atoms with Crippen molar-refractivity contribution >= 4 is 0 Å². The maximum absolute atomic E-state index is 13.4. The van der Waals surface area contributed by atoms with E-state index < -0.39 is 5.60 Å². The van der Waals surface area contributed by atoms with Crippen molar-refractivity contribution in [3.63, 3.8) is 0 Å². The second-order valence-corrected chi connectivity index (χ2v) is 6.51. The Morgan fingerprint density at radius 3 is 2.62 bits per heavy atom. The van der Waals surface area contributed by atoms with Crippen LogP contribution in [0, 0.1) is 17.1 Å². The molecule has 0 radical (unpaired) electrons. The van der Waals surface area contributed by atoms with E-state index in [4.69, 9.17) is 10.00 Å². The van der Waals surface area contributed by atoms with Crippen molar-refractivity contribution < 1.29 is 9.13 Å². The third-order valence-electron chi connectivity index (χ3n) is 4.59. The van der Waals surface area contributed by atoms with Crippen molar-refractivity contribution in [2.75, 3.05) is 20.6 Å². The molecule has 2 aromatic rings. The molecule has 0 aliphatic carbocycles. The van der Waals surface area contributed by atoms with Crippen LogP contribution in [0.4, 0.5) is 4.39 Å². The zero-order chi connectivity index (χ0) is 17.2. The molecule has 2 aromatic carbocycles. The van der Waals surface area contributed by atoms with Gasteiger partial charge in [0.25, 0.3) is 0 Å². The number of hydrogen-bond acceptors (Lipinski definition) is 3. The fourth-order valence-corrected chi connectivity index (χ4v) is 3.41. The average molecular weight is 324 g/mol. The lowest BCUT2D eigenvalue weighted by Crippen LogP contribution is -2.28. The summed E-state index contributed by atoms with van der Waals surface area (Å²) in [5, 5.41) is 9.11. The first-order valence-electron chi connectivity index (χ1n) is 8.13.